The monoisotopic (exact) mass is 407 g/mol. The summed E-state index contributed by atoms with van der Waals surface area (Å²) in [6.45, 7) is 1.84. The molecule has 3 rings (SSSR count). The minimum Gasteiger partial charge on any atom is -0.486 e. The molecule has 0 saturated carbocycles. The molecule has 3 aromatic rings. The van der Waals surface area contributed by atoms with Crippen molar-refractivity contribution < 1.29 is 27.3 Å². The zero-order valence-corrected chi connectivity index (χ0v) is 15.2. The molecule has 10 heteroatoms. The Kier molecular flexibility index (Phi) is 6.01. The number of nitrogens with one attached hydrogen (secondary N) is 1. The van der Waals surface area contributed by atoms with Crippen LogP contribution >= 0.6 is 0 Å². The van der Waals surface area contributed by atoms with E-state index >= 15 is 0 Å². The fourth-order valence-corrected chi connectivity index (χ4v) is 2.31. The van der Waals surface area contributed by atoms with E-state index in [2.05, 4.69) is 19.8 Å². The number of alkyl halides is 3. The van der Waals surface area contributed by atoms with Crippen LogP contribution in [0.4, 0.5) is 13.2 Å². The summed E-state index contributed by atoms with van der Waals surface area (Å²) in [6, 6.07) is 11.7. The number of oxime groups is 1. The second kappa shape index (κ2) is 8.63. The molecule has 0 spiro atoms. The highest BCUT2D eigenvalue weighted by atomic mass is 19.4. The lowest BCUT2D eigenvalue weighted by molar-refractivity contribution is -0.137. The van der Waals surface area contributed by atoms with E-state index in [1.54, 1.807) is 31.2 Å². The van der Waals surface area contributed by atoms with Gasteiger partial charge >= 0.3 is 11.9 Å². The van der Waals surface area contributed by atoms with E-state index in [0.717, 1.165) is 17.7 Å². The van der Waals surface area contributed by atoms with Crippen LogP contribution in [0, 0.1) is 0 Å². The van der Waals surface area contributed by atoms with Crippen molar-refractivity contribution in [1.29, 1.82) is 0 Å². The molecule has 0 bridgehead atoms. The van der Waals surface area contributed by atoms with Crippen molar-refractivity contribution in [3.63, 3.8) is 0 Å². The standard InChI is InChI=1S/C19H16F3N3O4/c1-12(24-28-10-13-2-6-15(7-3-13)19(20,21)22)14-4-8-16(9-5-14)27-11-17-23-18(26)29-25-17/h2-9H,10-11H2,1H3,(H,23,25,26). The molecule has 2 aromatic carbocycles. The Morgan fingerprint density at radius 3 is 2.38 bits per heavy atom. The van der Waals surface area contributed by atoms with E-state index in [1.165, 1.54) is 12.1 Å². The first kappa shape index (κ1) is 20.2. The summed E-state index contributed by atoms with van der Waals surface area (Å²) >= 11 is 0. The van der Waals surface area contributed by atoms with Gasteiger partial charge in [-0.15, -0.1) is 0 Å². The summed E-state index contributed by atoms with van der Waals surface area (Å²) in [7, 11) is 0. The molecular weight excluding hydrogens is 391 g/mol. The van der Waals surface area contributed by atoms with Gasteiger partial charge < -0.3 is 9.57 Å². The number of hydrogen-bond acceptors (Lipinski definition) is 6. The molecule has 0 aliphatic rings. The molecule has 1 heterocycles. The number of aromatic nitrogens is 2. The molecule has 0 saturated heterocycles. The molecule has 1 aromatic heterocycles. The van der Waals surface area contributed by atoms with E-state index in [9.17, 15) is 18.0 Å². The highest BCUT2D eigenvalue weighted by molar-refractivity contribution is 5.98. The zero-order chi connectivity index (χ0) is 20.9. The van der Waals surface area contributed by atoms with Gasteiger partial charge in [0, 0.05) is 0 Å². The maximum absolute atomic E-state index is 12.5. The van der Waals surface area contributed by atoms with Crippen molar-refractivity contribution in [2.24, 2.45) is 5.16 Å². The number of ether oxygens (including phenoxy) is 1. The molecule has 0 fully saturated rings. The molecule has 0 radical (unpaired) electrons. The van der Waals surface area contributed by atoms with Crippen LogP contribution in [0.1, 0.15) is 29.4 Å². The highest BCUT2D eigenvalue weighted by Crippen LogP contribution is 2.29. The van der Waals surface area contributed by atoms with Gasteiger partial charge in [0.25, 0.3) is 0 Å². The van der Waals surface area contributed by atoms with Crippen LogP contribution in [-0.2, 0) is 24.2 Å². The fraction of sp³-hybridized carbons (Fsp3) is 0.211. The van der Waals surface area contributed by atoms with Crippen LogP contribution in [0.5, 0.6) is 5.75 Å². The average molecular weight is 407 g/mol. The zero-order valence-electron chi connectivity index (χ0n) is 15.2. The topological polar surface area (TPSA) is 89.7 Å². The lowest BCUT2D eigenvalue weighted by atomic mass is 10.1. The van der Waals surface area contributed by atoms with Crippen molar-refractivity contribution >= 4 is 5.71 Å². The predicted molar refractivity (Wildman–Crippen MR) is 96.3 cm³/mol. The first-order valence-corrected chi connectivity index (χ1v) is 8.42. The largest absolute Gasteiger partial charge is 0.486 e. The van der Waals surface area contributed by atoms with Gasteiger partial charge in [0.1, 0.15) is 19.0 Å². The number of hydrogen-bond donors (Lipinski definition) is 1. The van der Waals surface area contributed by atoms with Crippen LogP contribution in [0.15, 0.2) is 63.0 Å². The number of rotatable bonds is 7. The van der Waals surface area contributed by atoms with Gasteiger partial charge in [0.15, 0.2) is 5.82 Å². The maximum atomic E-state index is 12.5. The second-order valence-corrected chi connectivity index (χ2v) is 6.00. The Labute approximate surface area is 162 Å². The summed E-state index contributed by atoms with van der Waals surface area (Å²) in [5.41, 5.74) is 1.23. The van der Waals surface area contributed by atoms with E-state index in [1.807, 2.05) is 0 Å². The quantitative estimate of drug-likeness (QED) is 0.474. The second-order valence-electron chi connectivity index (χ2n) is 6.00. The smallest absolute Gasteiger partial charge is 0.439 e. The van der Waals surface area contributed by atoms with E-state index < -0.39 is 17.5 Å². The Bertz CT molecular complexity index is 1020. The first-order valence-electron chi connectivity index (χ1n) is 8.42. The Hall–Kier alpha value is -3.56. The van der Waals surface area contributed by atoms with Gasteiger partial charge in [-0.3, -0.25) is 9.51 Å². The first-order chi connectivity index (χ1) is 13.8. The van der Waals surface area contributed by atoms with E-state index in [4.69, 9.17) is 9.57 Å². The molecule has 0 aliphatic heterocycles. The van der Waals surface area contributed by atoms with Crippen molar-refractivity contribution in [2.45, 2.75) is 26.3 Å². The molecular formula is C19H16F3N3O4. The number of halogens is 3. The number of H-pyrrole nitrogens is 1. The van der Waals surface area contributed by atoms with Gasteiger partial charge in [-0.1, -0.05) is 22.4 Å². The van der Waals surface area contributed by atoms with Crippen molar-refractivity contribution in [2.75, 3.05) is 0 Å². The van der Waals surface area contributed by atoms with Crippen LogP contribution in [0.3, 0.4) is 0 Å². The molecule has 152 valence electrons. The van der Waals surface area contributed by atoms with Gasteiger partial charge in [-0.2, -0.15) is 13.2 Å². The number of aromatic amines is 1. The summed E-state index contributed by atoms with van der Waals surface area (Å²) < 4.78 is 47.5. The van der Waals surface area contributed by atoms with Gasteiger partial charge in [0.05, 0.1) is 11.3 Å². The van der Waals surface area contributed by atoms with Gasteiger partial charge in [0.2, 0.25) is 0 Å². The average Bonchev–Trinajstić information content (AvgIpc) is 3.11. The van der Waals surface area contributed by atoms with Crippen LogP contribution < -0.4 is 10.5 Å². The van der Waals surface area contributed by atoms with Crippen molar-refractivity contribution in [3.05, 3.63) is 81.6 Å². The molecule has 7 nitrogen and oxygen atoms in total. The van der Waals surface area contributed by atoms with E-state index in [0.29, 0.717) is 17.0 Å². The summed E-state index contributed by atoms with van der Waals surface area (Å²) in [5.74, 6) is 0.173. The lowest BCUT2D eigenvalue weighted by Gasteiger charge is -2.08. The summed E-state index contributed by atoms with van der Waals surface area (Å²) in [4.78, 5) is 18.4. The Morgan fingerprint density at radius 1 is 1.10 bits per heavy atom. The SMILES string of the molecule is CC(=NOCc1ccc(C(F)(F)F)cc1)c1ccc(OCc2noc(=O)[nH]2)cc1. The van der Waals surface area contributed by atoms with Gasteiger partial charge in [-0.25, -0.2) is 4.79 Å². The predicted octanol–water partition coefficient (Wildman–Crippen LogP) is 3.90. The molecule has 29 heavy (non-hydrogen) atoms. The minimum atomic E-state index is -4.36. The lowest BCUT2D eigenvalue weighted by Crippen LogP contribution is -2.04. The fourth-order valence-electron chi connectivity index (χ4n) is 2.31. The van der Waals surface area contributed by atoms with Crippen LogP contribution in [-0.4, -0.2) is 15.9 Å². The normalized spacial score (nSPS) is 12.1. The molecule has 0 aliphatic carbocycles. The van der Waals surface area contributed by atoms with Gasteiger partial charge in [-0.05, 0) is 54.4 Å². The van der Waals surface area contributed by atoms with Crippen molar-refractivity contribution in [1.82, 2.24) is 10.1 Å². The van der Waals surface area contributed by atoms with Crippen LogP contribution in [0.25, 0.3) is 0 Å². The van der Waals surface area contributed by atoms with Crippen LogP contribution in [0.2, 0.25) is 0 Å². The summed E-state index contributed by atoms with van der Waals surface area (Å²) in [6.07, 6.45) is -4.36. The number of nitrogens with zero attached hydrogens (tertiary/aromatic N) is 2. The molecule has 0 amide bonds. The number of benzene rings is 2. The third kappa shape index (κ3) is 5.71. The maximum Gasteiger partial charge on any atom is 0.439 e. The van der Waals surface area contributed by atoms with Crippen molar-refractivity contribution in [3.8, 4) is 5.75 Å². The Balaban J connectivity index is 1.52. The Morgan fingerprint density at radius 2 is 1.79 bits per heavy atom. The third-order valence-electron chi connectivity index (χ3n) is 3.85. The summed E-state index contributed by atoms with van der Waals surface area (Å²) in [5, 5.41) is 7.47. The molecule has 1 N–H and O–H groups in total. The molecule has 0 atom stereocenters. The third-order valence-corrected chi connectivity index (χ3v) is 3.85. The molecule has 0 unspecified atom stereocenters. The highest BCUT2D eigenvalue weighted by Gasteiger charge is 2.29. The minimum absolute atomic E-state index is 0.0482. The van der Waals surface area contributed by atoms with E-state index in [-0.39, 0.29) is 19.0 Å².